The van der Waals surface area contributed by atoms with Crippen LogP contribution in [0.5, 0.6) is 11.8 Å². The molecule has 182 valence electrons. The smallest absolute Gasteiger partial charge is 0.481 e. The third-order valence-electron chi connectivity index (χ3n) is 4.24. The molecule has 10 nitrogen and oxygen atoms in total. The van der Waals surface area contributed by atoms with Crippen LogP contribution in [-0.4, -0.2) is 68.8 Å². The molecule has 1 fully saturated rings. The van der Waals surface area contributed by atoms with Crippen LogP contribution < -0.4 is 14.8 Å². The highest BCUT2D eigenvalue weighted by Gasteiger charge is 2.38. The largest absolute Gasteiger partial charge is 0.490 e. The molecular weight excluding hydrogens is 474 g/mol. The Morgan fingerprint density at radius 3 is 2.67 bits per heavy atom. The lowest BCUT2D eigenvalue weighted by molar-refractivity contribution is -0.192. The number of methoxy groups -OCH3 is 1. The van der Waals surface area contributed by atoms with Crippen molar-refractivity contribution in [1.29, 1.82) is 0 Å². The normalized spacial score (nSPS) is 20.0. The molecule has 2 N–H and O–H groups in total. The molecule has 33 heavy (non-hydrogen) atoms. The quantitative estimate of drug-likeness (QED) is 0.578. The number of anilines is 1. The van der Waals surface area contributed by atoms with Crippen molar-refractivity contribution in [2.75, 3.05) is 19.0 Å². The number of aliphatic carboxylic acids is 1. The minimum atomic E-state index is -5.08. The van der Waals surface area contributed by atoms with Crippen molar-refractivity contribution in [2.24, 2.45) is 0 Å². The molecule has 1 aliphatic heterocycles. The number of carboxylic acids is 1. The van der Waals surface area contributed by atoms with Gasteiger partial charge in [-0.25, -0.2) is 14.8 Å². The van der Waals surface area contributed by atoms with Crippen molar-refractivity contribution in [3.63, 3.8) is 0 Å². The first-order valence-electron chi connectivity index (χ1n) is 10.6. The molecule has 2 aromatic heterocycles. The molecule has 2 atom stereocenters. The topological polar surface area (TPSA) is 127 Å². The molecule has 0 unspecified atom stereocenters. The van der Waals surface area contributed by atoms with Crippen molar-refractivity contribution in [3.8, 4) is 11.8 Å². The van der Waals surface area contributed by atoms with E-state index < -0.39 is 30.9 Å². The van der Waals surface area contributed by atoms with Gasteiger partial charge in [-0.1, -0.05) is 11.3 Å². The van der Waals surface area contributed by atoms with Crippen molar-refractivity contribution in [2.45, 2.75) is 45.1 Å². The second kappa shape index (κ2) is 11.2. The third kappa shape index (κ3) is 8.09. The van der Waals surface area contributed by atoms with Gasteiger partial charge in [0.1, 0.15) is 12.4 Å². The average Bonchev–Trinajstić information content (AvgIpc) is 3.28. The number of likely N-dealkylation sites (tertiary alicyclic amines) is 1. The highest BCUT2D eigenvalue weighted by atomic mass is 32.1. The first-order chi connectivity index (χ1) is 16.6. The van der Waals surface area contributed by atoms with Crippen LogP contribution >= 0.6 is 11.3 Å². The predicted octanol–water partition coefficient (Wildman–Crippen LogP) is 2.71. The number of thiazole rings is 1. The van der Waals surface area contributed by atoms with E-state index in [1.54, 1.807) is 6.07 Å². The minimum absolute atomic E-state index is 0.0774. The highest BCUT2D eigenvalue weighted by Crippen LogP contribution is 2.28. The van der Waals surface area contributed by atoms with Gasteiger partial charge in [-0.2, -0.15) is 22.5 Å². The van der Waals surface area contributed by atoms with E-state index in [1.807, 2.05) is 11.8 Å². The van der Waals surface area contributed by atoms with Gasteiger partial charge in [-0.3, -0.25) is 9.69 Å². The lowest BCUT2D eigenvalue weighted by Gasteiger charge is -2.19. The maximum Gasteiger partial charge on any atom is 0.490 e. The minimum Gasteiger partial charge on any atom is -0.481 e. The summed E-state index contributed by atoms with van der Waals surface area (Å²) < 4.78 is 78.0. The van der Waals surface area contributed by atoms with Crippen LogP contribution in [-0.2, 0) is 16.1 Å². The summed E-state index contributed by atoms with van der Waals surface area (Å²) in [6, 6.07) is 1.71. The van der Waals surface area contributed by atoms with Gasteiger partial charge in [0.05, 0.1) is 18.1 Å². The fraction of sp³-hybridized carbons (Fsp3) is 0.500. The van der Waals surface area contributed by atoms with Gasteiger partial charge in [0, 0.05) is 36.5 Å². The van der Waals surface area contributed by atoms with Crippen molar-refractivity contribution >= 4 is 28.3 Å². The van der Waals surface area contributed by atoms with Crippen LogP contribution in [0.1, 0.15) is 29.2 Å². The second-order valence-corrected chi connectivity index (χ2v) is 7.73. The number of hydrogen-bond donors (Lipinski definition) is 2. The zero-order valence-electron chi connectivity index (χ0n) is 20.2. The van der Waals surface area contributed by atoms with Gasteiger partial charge < -0.3 is 19.9 Å². The number of hydrogen-bond acceptors (Lipinski definition) is 9. The van der Waals surface area contributed by atoms with Crippen LogP contribution in [0, 0.1) is 5.95 Å². The van der Waals surface area contributed by atoms with Crippen LogP contribution in [0.3, 0.4) is 0 Å². The Morgan fingerprint density at radius 2 is 2.06 bits per heavy atom. The third-order valence-corrected chi connectivity index (χ3v) is 5.17. The molecule has 0 radical (unpaired) electrons. The molecule has 3 rings (SSSR count). The second-order valence-electron chi connectivity index (χ2n) is 6.64. The average molecular weight is 498 g/mol. The Hall–Kier alpha value is -3.07. The molecule has 1 aliphatic rings. The predicted molar refractivity (Wildman–Crippen MR) is 108 cm³/mol. The number of ether oxygens (including phenoxy) is 2. The summed E-state index contributed by atoms with van der Waals surface area (Å²) in [6.45, 7) is -0.0107. The Balaban J connectivity index is 0.000000572. The van der Waals surface area contributed by atoms with Crippen molar-refractivity contribution in [1.82, 2.24) is 19.9 Å². The number of rotatable bonds is 6. The number of carbonyl (C=O) groups is 2. The molecule has 15 heteroatoms. The zero-order chi connectivity index (χ0) is 27.3. The fourth-order valence-electron chi connectivity index (χ4n) is 2.79. The van der Waals surface area contributed by atoms with Gasteiger partial charge >= 0.3 is 12.1 Å². The van der Waals surface area contributed by atoms with E-state index in [9.17, 15) is 22.4 Å². The number of nitrogens with one attached hydrogen (secondary N) is 1. The van der Waals surface area contributed by atoms with E-state index in [0.29, 0.717) is 23.2 Å². The molecule has 0 bridgehead atoms. The first-order valence-corrected chi connectivity index (χ1v) is 9.95. The van der Waals surface area contributed by atoms with E-state index in [4.69, 9.17) is 23.5 Å². The molecule has 3 heterocycles. The first kappa shape index (κ1) is 21.8. The molecular formula is C18H21F4N5O5S. The fourth-order valence-corrected chi connectivity index (χ4v) is 3.65. The Morgan fingerprint density at radius 1 is 1.39 bits per heavy atom. The zero-order valence-corrected chi connectivity index (χ0v) is 18.0. The molecule has 0 spiro atoms. The standard InChI is InChI=1S/C16H20FN5O3S.C2HF3O2/c1-9-4-11(25-14-5-13(24-3)18-8-19-14)6-22(9)7-12-15(17)21-16(26-12)20-10(2)23;3-2(4,5)1(6)7/h5,8-9,11H,4,6-7H2,1-3H3,(H,20,21,23);(H,6,7)/t9-,11+;/m0./s1/i2D3;. The van der Waals surface area contributed by atoms with Crippen LogP contribution in [0.15, 0.2) is 12.4 Å². The number of nitrogens with zero attached hydrogens (tertiary/aromatic N) is 4. The molecule has 2 aromatic rings. The van der Waals surface area contributed by atoms with E-state index >= 15 is 0 Å². The summed E-state index contributed by atoms with van der Waals surface area (Å²) in [4.78, 5) is 34.4. The molecule has 1 saturated heterocycles. The lowest BCUT2D eigenvalue weighted by Crippen LogP contribution is -2.28. The van der Waals surface area contributed by atoms with Crippen molar-refractivity contribution < 1.29 is 45.8 Å². The van der Waals surface area contributed by atoms with E-state index in [2.05, 4.69) is 20.3 Å². The molecule has 0 aromatic carbocycles. The van der Waals surface area contributed by atoms with E-state index in [-0.39, 0.29) is 23.8 Å². The van der Waals surface area contributed by atoms with Gasteiger partial charge in [0.25, 0.3) is 0 Å². The summed E-state index contributed by atoms with van der Waals surface area (Å²) in [7, 11) is 1.50. The number of alkyl halides is 3. The van der Waals surface area contributed by atoms with Gasteiger partial charge in [0.2, 0.25) is 23.6 Å². The summed E-state index contributed by atoms with van der Waals surface area (Å²) in [5, 5.41) is 9.18. The molecule has 0 aliphatic carbocycles. The van der Waals surface area contributed by atoms with Crippen LogP contribution in [0.25, 0.3) is 0 Å². The SMILES string of the molecule is O=C(O)C(F)(F)F.[2H]C([2H])([2H])C(=O)Nc1nc(F)c(CN2C[C@H](Oc3cc(OC)ncn3)C[C@@H]2C)s1. The van der Waals surface area contributed by atoms with Crippen LogP contribution in [0.4, 0.5) is 22.7 Å². The maximum atomic E-state index is 14.2. The number of carbonyl (C=O) groups excluding carboxylic acids is 1. The Bertz CT molecular complexity index is 1070. The summed E-state index contributed by atoms with van der Waals surface area (Å²) >= 11 is 0.915. The Labute approximate surface area is 193 Å². The molecule has 0 saturated carbocycles. The molecule has 1 amide bonds. The Kier molecular flexibility index (Phi) is 7.37. The number of carboxylic acid groups (broad SMARTS) is 1. The summed E-state index contributed by atoms with van der Waals surface area (Å²) in [6.07, 6.45) is -3.16. The van der Waals surface area contributed by atoms with E-state index in [1.165, 1.54) is 13.4 Å². The van der Waals surface area contributed by atoms with Gasteiger partial charge in [-0.15, -0.1) is 0 Å². The number of halogens is 4. The van der Waals surface area contributed by atoms with Gasteiger partial charge in [-0.05, 0) is 6.92 Å². The van der Waals surface area contributed by atoms with Gasteiger partial charge in [0.15, 0.2) is 5.13 Å². The number of aromatic nitrogens is 3. The van der Waals surface area contributed by atoms with Crippen molar-refractivity contribution in [3.05, 3.63) is 23.2 Å². The van der Waals surface area contributed by atoms with E-state index in [0.717, 1.165) is 17.8 Å². The maximum absolute atomic E-state index is 14.2. The monoisotopic (exact) mass is 498 g/mol. The lowest BCUT2D eigenvalue weighted by atomic mass is 10.2. The summed E-state index contributed by atoms with van der Waals surface area (Å²) in [5.41, 5.74) is 0. The van der Waals surface area contributed by atoms with Crippen LogP contribution in [0.2, 0.25) is 0 Å². The highest BCUT2D eigenvalue weighted by molar-refractivity contribution is 7.15. The number of amides is 1. The summed E-state index contributed by atoms with van der Waals surface area (Å²) in [5.74, 6) is -3.88.